The zero-order valence-corrected chi connectivity index (χ0v) is 45.3. The van der Waals surface area contributed by atoms with Gasteiger partial charge in [0.25, 0.3) is 0 Å². The van der Waals surface area contributed by atoms with Gasteiger partial charge in [-0.1, -0.05) is 173 Å². The van der Waals surface area contributed by atoms with Crippen molar-refractivity contribution in [2.45, 2.75) is 157 Å². The molecule has 0 saturated heterocycles. The predicted octanol–water partition coefficient (Wildman–Crippen LogP) is 14.9. The van der Waals surface area contributed by atoms with Crippen LogP contribution in [0.2, 0.25) is 0 Å². The third kappa shape index (κ3) is 5.83. The topological polar surface area (TPSA) is 9.86 Å². The highest BCUT2D eigenvalue weighted by molar-refractivity contribution is 6.91. The average Bonchev–Trinajstić information content (AvgIpc) is 3.78. The molecule has 6 heterocycles. The molecule has 9 aromatic rings. The Hall–Kier alpha value is -5.73. The Kier molecular flexibility index (Phi) is 8.35. The molecular weight excluding hydrogens is 842 g/mol. The molecule has 4 aliphatic rings. The van der Waals surface area contributed by atoms with Gasteiger partial charge in [0.05, 0.1) is 0 Å². The molecule has 7 aromatic carbocycles. The number of nitrogens with zero attached hydrogens (tertiary/aromatic N) is 2. The van der Waals surface area contributed by atoms with Gasteiger partial charge in [0.15, 0.2) is 0 Å². The maximum absolute atomic E-state index is 2.81. The van der Waals surface area contributed by atoms with E-state index in [-0.39, 0.29) is 46.2 Å². The van der Waals surface area contributed by atoms with Gasteiger partial charge >= 0.3 is 13.7 Å². The molecule has 4 heteroatoms. The van der Waals surface area contributed by atoms with Gasteiger partial charge in [0.1, 0.15) is 0 Å². The number of aromatic nitrogens is 2. The van der Waals surface area contributed by atoms with Gasteiger partial charge in [0.2, 0.25) is 0 Å². The molecule has 13 rings (SSSR count). The van der Waals surface area contributed by atoms with Crippen LogP contribution < -0.4 is 21.9 Å². The Labute approximate surface area is 418 Å². The summed E-state index contributed by atoms with van der Waals surface area (Å²) in [6.07, 6.45) is 0. The van der Waals surface area contributed by atoms with E-state index in [2.05, 4.69) is 231 Å². The molecular formula is C66H70B2N2. The van der Waals surface area contributed by atoms with Crippen molar-refractivity contribution >= 4 is 79.2 Å². The smallest absolute Gasteiger partial charge is 0.329 e. The molecule has 0 amide bonds. The standard InChI is InChI=1S/C66H70B2N2/c1-61(2,3)35-19-21-41-45-23-37(63(7,8)9)27-49-51-29-39(65(13,14)15)25-47-43-34-56-44(33-55(43)67(53(41)31-35)69(57(45)49)59(47)51)48-26-40(66(16,17)18)30-52-50-28-38(64(10,11)12)24-46-42-22-20-36(62(4,5)6)32-54(42)68(56)70(58(46)50)60(48)52/h19-34H,1-18H3. The van der Waals surface area contributed by atoms with Gasteiger partial charge in [-0.05, 0) is 159 Å². The number of fused-ring (bicyclic) bond motifs is 14. The zero-order valence-electron chi connectivity index (χ0n) is 45.3. The molecule has 0 bridgehead atoms. The van der Waals surface area contributed by atoms with Crippen molar-refractivity contribution < 1.29 is 0 Å². The first kappa shape index (κ1) is 44.2. The fourth-order valence-corrected chi connectivity index (χ4v) is 13.1. The van der Waals surface area contributed by atoms with Crippen LogP contribution in [0.4, 0.5) is 0 Å². The normalized spacial score (nSPS) is 14.9. The molecule has 0 saturated carbocycles. The van der Waals surface area contributed by atoms with Gasteiger partial charge < -0.3 is 8.96 Å². The van der Waals surface area contributed by atoms with E-state index < -0.39 is 0 Å². The second kappa shape index (κ2) is 13.2. The van der Waals surface area contributed by atoms with Crippen LogP contribution in [0.5, 0.6) is 0 Å². The SMILES string of the molecule is CC(C)(C)c1ccc2c(c1)B1c3cc4c(cc3-c3cc(C(C)(C)C)cc5c6cc(C(C)(C)C)cc-2c6n1c35)B1c2cc(C(C)(C)C)ccc2-c2cc(C(C)(C)C)cc3c5cc(C(C)(C)C)cc-4c5n1c23. The third-order valence-corrected chi connectivity index (χ3v) is 17.4. The highest BCUT2D eigenvalue weighted by atomic mass is 14.9. The third-order valence-electron chi connectivity index (χ3n) is 17.4. The van der Waals surface area contributed by atoms with Crippen molar-refractivity contribution in [2.75, 3.05) is 0 Å². The van der Waals surface area contributed by atoms with Crippen LogP contribution >= 0.6 is 0 Å². The lowest BCUT2D eigenvalue weighted by atomic mass is 9.41. The highest BCUT2D eigenvalue weighted by Gasteiger charge is 2.46. The van der Waals surface area contributed by atoms with Gasteiger partial charge in [-0.25, -0.2) is 0 Å². The maximum Gasteiger partial charge on any atom is 0.329 e. The van der Waals surface area contributed by atoms with Crippen LogP contribution in [0.25, 0.3) is 88.1 Å². The Morgan fingerprint density at radius 1 is 0.243 bits per heavy atom. The van der Waals surface area contributed by atoms with Crippen molar-refractivity contribution in [1.82, 2.24) is 8.96 Å². The van der Waals surface area contributed by atoms with E-state index in [1.54, 1.807) is 0 Å². The molecule has 0 radical (unpaired) electrons. The minimum Gasteiger partial charge on any atom is -0.375 e. The highest BCUT2D eigenvalue weighted by Crippen LogP contribution is 2.51. The fourth-order valence-electron chi connectivity index (χ4n) is 13.1. The molecule has 0 atom stereocenters. The van der Waals surface area contributed by atoms with Gasteiger partial charge in [-0.2, -0.15) is 0 Å². The van der Waals surface area contributed by atoms with Crippen LogP contribution in [0, 0.1) is 0 Å². The molecule has 350 valence electrons. The first-order valence-corrected chi connectivity index (χ1v) is 26.3. The van der Waals surface area contributed by atoms with E-state index in [1.165, 1.54) is 143 Å². The van der Waals surface area contributed by atoms with Gasteiger partial charge in [-0.15, -0.1) is 0 Å². The van der Waals surface area contributed by atoms with Crippen LogP contribution in [0.15, 0.2) is 97.1 Å². The molecule has 2 aromatic heterocycles. The lowest BCUT2D eigenvalue weighted by Crippen LogP contribution is -2.57. The Morgan fingerprint density at radius 3 is 0.743 bits per heavy atom. The molecule has 4 aliphatic heterocycles. The second-order valence-electron chi connectivity index (χ2n) is 28.4. The quantitative estimate of drug-likeness (QED) is 0.134. The minimum absolute atomic E-state index is 0.00480. The maximum atomic E-state index is 2.81. The number of hydrogen-bond acceptors (Lipinski definition) is 0. The first-order valence-electron chi connectivity index (χ1n) is 26.3. The summed E-state index contributed by atoms with van der Waals surface area (Å²) in [6.45, 7) is 42.9. The van der Waals surface area contributed by atoms with Crippen LogP contribution in [0.1, 0.15) is 158 Å². The summed E-state index contributed by atoms with van der Waals surface area (Å²) < 4.78 is 5.62. The van der Waals surface area contributed by atoms with E-state index >= 15 is 0 Å². The second-order valence-corrected chi connectivity index (χ2v) is 28.4. The van der Waals surface area contributed by atoms with Gasteiger partial charge in [-0.3, -0.25) is 0 Å². The van der Waals surface area contributed by atoms with E-state index in [1.807, 2.05) is 0 Å². The number of rotatable bonds is 0. The summed E-state index contributed by atoms with van der Waals surface area (Å²) in [6, 6.07) is 41.0. The van der Waals surface area contributed by atoms with Crippen molar-refractivity contribution in [3.8, 4) is 44.5 Å². The molecule has 0 unspecified atom stereocenters. The summed E-state index contributed by atoms with van der Waals surface area (Å²) in [5, 5.41) is 5.55. The van der Waals surface area contributed by atoms with Crippen molar-refractivity contribution in [1.29, 1.82) is 0 Å². The molecule has 0 N–H and O–H groups in total. The number of hydrogen-bond donors (Lipinski definition) is 0. The molecule has 0 aliphatic carbocycles. The summed E-state index contributed by atoms with van der Waals surface area (Å²) in [5.74, 6) is 0. The molecule has 0 fully saturated rings. The van der Waals surface area contributed by atoms with Crippen LogP contribution in [0.3, 0.4) is 0 Å². The minimum atomic E-state index is -0.0501. The Bertz CT molecular complexity index is 3620. The van der Waals surface area contributed by atoms with E-state index in [4.69, 9.17) is 0 Å². The Balaban J connectivity index is 1.24. The molecule has 2 nitrogen and oxygen atoms in total. The monoisotopic (exact) mass is 913 g/mol. The van der Waals surface area contributed by atoms with E-state index in [0.29, 0.717) is 0 Å². The summed E-state index contributed by atoms with van der Waals surface area (Å²) in [5.41, 5.74) is 30.4. The summed E-state index contributed by atoms with van der Waals surface area (Å²) in [7, 11) is 0. The van der Waals surface area contributed by atoms with Crippen molar-refractivity contribution in [3.05, 3.63) is 130 Å². The van der Waals surface area contributed by atoms with Gasteiger partial charge in [0, 0.05) is 65.9 Å². The summed E-state index contributed by atoms with van der Waals surface area (Å²) >= 11 is 0. The van der Waals surface area contributed by atoms with Crippen LogP contribution in [-0.2, 0) is 32.5 Å². The predicted molar refractivity (Wildman–Crippen MR) is 307 cm³/mol. The largest absolute Gasteiger partial charge is 0.375 e. The fraction of sp³-hybridized carbons (Fsp3) is 0.364. The molecule has 70 heavy (non-hydrogen) atoms. The summed E-state index contributed by atoms with van der Waals surface area (Å²) in [4.78, 5) is 0. The van der Waals surface area contributed by atoms with E-state index in [0.717, 1.165) is 0 Å². The van der Waals surface area contributed by atoms with Crippen molar-refractivity contribution in [3.63, 3.8) is 0 Å². The lowest BCUT2D eigenvalue weighted by molar-refractivity contribution is 0.590. The average molecular weight is 913 g/mol. The van der Waals surface area contributed by atoms with Crippen LogP contribution in [-0.4, -0.2) is 22.7 Å². The lowest BCUT2D eigenvalue weighted by Gasteiger charge is -2.38. The first-order chi connectivity index (χ1) is 32.5. The Morgan fingerprint density at radius 2 is 0.486 bits per heavy atom. The molecule has 0 spiro atoms. The van der Waals surface area contributed by atoms with Crippen molar-refractivity contribution in [2.24, 2.45) is 0 Å². The zero-order chi connectivity index (χ0) is 49.6. The number of benzene rings is 7. The van der Waals surface area contributed by atoms with E-state index in [9.17, 15) is 0 Å².